The van der Waals surface area contributed by atoms with Gasteiger partial charge in [-0.3, -0.25) is 9.78 Å². The van der Waals surface area contributed by atoms with Crippen LogP contribution in [0.15, 0.2) is 53.8 Å². The molecule has 0 bridgehead atoms. The number of pyridine rings is 2. The first-order valence-corrected chi connectivity index (χ1v) is 13.1. The number of fused-ring (bicyclic) bond motifs is 1. The Bertz CT molecular complexity index is 1150. The van der Waals surface area contributed by atoms with Crippen LogP contribution in [0.5, 0.6) is 5.75 Å². The summed E-state index contributed by atoms with van der Waals surface area (Å²) in [6, 6.07) is 11.3. The molecule has 0 amide bonds. The second kappa shape index (κ2) is 12.0. The summed E-state index contributed by atoms with van der Waals surface area (Å²) < 4.78 is 5.33. The SMILES string of the molecule is COc1ccc2ncc(Cl)c(C(O)CCC3CCN(CCSc4ccccn4)CC3C(=O)O)c2c1. The van der Waals surface area contributed by atoms with Crippen LogP contribution < -0.4 is 4.74 Å². The summed E-state index contributed by atoms with van der Waals surface area (Å²) in [5.41, 5.74) is 1.34. The highest BCUT2D eigenvalue weighted by Gasteiger charge is 2.34. The number of methoxy groups -OCH3 is 1. The molecular formula is C26H30ClN3O4S. The van der Waals surface area contributed by atoms with Gasteiger partial charge in [-0.2, -0.15) is 0 Å². The van der Waals surface area contributed by atoms with E-state index in [1.807, 2.05) is 36.4 Å². The van der Waals surface area contributed by atoms with E-state index >= 15 is 0 Å². The molecule has 1 saturated heterocycles. The summed E-state index contributed by atoms with van der Waals surface area (Å²) in [7, 11) is 1.59. The van der Waals surface area contributed by atoms with E-state index in [1.54, 1.807) is 31.3 Å². The van der Waals surface area contributed by atoms with Crippen molar-refractivity contribution in [2.45, 2.75) is 30.4 Å². The van der Waals surface area contributed by atoms with Gasteiger partial charge in [0.1, 0.15) is 5.75 Å². The van der Waals surface area contributed by atoms with Crippen molar-refractivity contribution in [2.75, 3.05) is 32.5 Å². The van der Waals surface area contributed by atoms with Gasteiger partial charge in [-0.05, 0) is 62.1 Å². The largest absolute Gasteiger partial charge is 0.497 e. The summed E-state index contributed by atoms with van der Waals surface area (Å²) in [5, 5.41) is 23.1. The Kier molecular flexibility index (Phi) is 8.83. The zero-order valence-electron chi connectivity index (χ0n) is 19.6. The van der Waals surface area contributed by atoms with Gasteiger partial charge in [-0.1, -0.05) is 17.7 Å². The number of aliphatic hydroxyl groups excluding tert-OH is 1. The van der Waals surface area contributed by atoms with Crippen molar-refractivity contribution in [1.82, 2.24) is 14.9 Å². The third-order valence-corrected chi connectivity index (χ3v) is 7.89. The number of piperidine rings is 1. The van der Waals surface area contributed by atoms with Gasteiger partial charge in [-0.15, -0.1) is 11.8 Å². The fraction of sp³-hybridized carbons (Fsp3) is 0.423. The Morgan fingerprint density at radius 3 is 2.91 bits per heavy atom. The van der Waals surface area contributed by atoms with Crippen LogP contribution in [0.2, 0.25) is 5.02 Å². The molecule has 7 nitrogen and oxygen atoms in total. The average molecular weight is 516 g/mol. The van der Waals surface area contributed by atoms with E-state index in [1.165, 1.54) is 0 Å². The van der Waals surface area contributed by atoms with E-state index in [4.69, 9.17) is 16.3 Å². The van der Waals surface area contributed by atoms with Crippen molar-refractivity contribution in [3.05, 3.63) is 59.4 Å². The monoisotopic (exact) mass is 515 g/mol. The fourth-order valence-corrected chi connectivity index (χ4v) is 5.90. The molecule has 3 aromatic rings. The molecule has 2 N–H and O–H groups in total. The third kappa shape index (κ3) is 6.44. The van der Waals surface area contributed by atoms with Crippen molar-refractivity contribution in [2.24, 2.45) is 11.8 Å². The van der Waals surface area contributed by atoms with Crippen molar-refractivity contribution in [1.29, 1.82) is 0 Å². The molecular weight excluding hydrogens is 486 g/mol. The predicted octanol–water partition coefficient (Wildman–Crippen LogP) is 4.92. The van der Waals surface area contributed by atoms with E-state index in [-0.39, 0.29) is 5.92 Å². The summed E-state index contributed by atoms with van der Waals surface area (Å²) >= 11 is 8.12. The molecule has 1 aromatic carbocycles. The lowest BCUT2D eigenvalue weighted by Gasteiger charge is -2.37. The highest BCUT2D eigenvalue weighted by atomic mass is 35.5. The Balaban J connectivity index is 1.37. The van der Waals surface area contributed by atoms with Gasteiger partial charge in [0.05, 0.1) is 34.7 Å². The number of aliphatic carboxylic acids is 1. The number of hydrogen-bond donors (Lipinski definition) is 2. The number of halogens is 1. The Morgan fingerprint density at radius 2 is 2.17 bits per heavy atom. The number of rotatable bonds is 10. The molecule has 2 aromatic heterocycles. The molecule has 186 valence electrons. The first kappa shape index (κ1) is 25.7. The van der Waals surface area contributed by atoms with E-state index in [0.717, 1.165) is 41.2 Å². The first-order valence-electron chi connectivity index (χ1n) is 11.8. The Hall–Kier alpha value is -2.39. The van der Waals surface area contributed by atoms with Gasteiger partial charge >= 0.3 is 5.97 Å². The standard InChI is InChI=1S/C26H30ClN3O4S/c1-34-18-6-7-22-19(14-18)25(21(27)15-29-22)23(31)8-5-17-9-11-30(16-20(17)26(32)33)12-13-35-24-4-2-3-10-28-24/h2-4,6-7,10,14-15,17,20,23,31H,5,8-9,11-13,16H2,1H3,(H,32,33). The van der Waals surface area contributed by atoms with Gasteiger partial charge in [0, 0.05) is 42.2 Å². The highest BCUT2D eigenvalue weighted by molar-refractivity contribution is 7.99. The lowest BCUT2D eigenvalue weighted by molar-refractivity contribution is -0.146. The van der Waals surface area contributed by atoms with Gasteiger partial charge in [0.15, 0.2) is 0 Å². The number of aromatic nitrogens is 2. The predicted molar refractivity (Wildman–Crippen MR) is 138 cm³/mol. The van der Waals surface area contributed by atoms with Crippen LogP contribution in [0.1, 0.15) is 30.9 Å². The Labute approximate surface area is 214 Å². The third-order valence-electron chi connectivity index (χ3n) is 6.66. The highest BCUT2D eigenvalue weighted by Crippen LogP contribution is 2.37. The topological polar surface area (TPSA) is 95.8 Å². The quantitative estimate of drug-likeness (QED) is 0.367. The summed E-state index contributed by atoms with van der Waals surface area (Å²) in [5.74, 6) is 0.297. The van der Waals surface area contributed by atoms with Crippen molar-refractivity contribution in [3.63, 3.8) is 0 Å². The van der Waals surface area contributed by atoms with E-state index in [2.05, 4.69) is 14.9 Å². The minimum Gasteiger partial charge on any atom is -0.497 e. The molecule has 4 rings (SSSR count). The minimum atomic E-state index is -0.817. The molecule has 0 aliphatic carbocycles. The maximum absolute atomic E-state index is 12.1. The zero-order chi connectivity index (χ0) is 24.8. The summed E-state index contributed by atoms with van der Waals surface area (Å²) in [4.78, 5) is 23.0. The van der Waals surface area contributed by atoms with Crippen LogP contribution in [0.4, 0.5) is 0 Å². The smallest absolute Gasteiger partial charge is 0.308 e. The molecule has 1 fully saturated rings. The minimum absolute atomic E-state index is 0.00301. The molecule has 3 unspecified atom stereocenters. The van der Waals surface area contributed by atoms with E-state index < -0.39 is 18.0 Å². The van der Waals surface area contributed by atoms with Gasteiger partial charge in [-0.25, -0.2) is 4.98 Å². The van der Waals surface area contributed by atoms with Crippen LogP contribution in [-0.4, -0.2) is 63.5 Å². The van der Waals surface area contributed by atoms with E-state index in [0.29, 0.717) is 35.7 Å². The number of benzene rings is 1. The van der Waals surface area contributed by atoms with Gasteiger partial charge < -0.3 is 19.8 Å². The second-order valence-corrected chi connectivity index (χ2v) is 10.3. The average Bonchev–Trinajstić information content (AvgIpc) is 2.87. The number of ether oxygens (including phenoxy) is 1. The lowest BCUT2D eigenvalue weighted by Crippen LogP contribution is -2.44. The number of hydrogen-bond acceptors (Lipinski definition) is 7. The first-order chi connectivity index (χ1) is 17.0. The van der Waals surface area contributed by atoms with Crippen molar-refractivity contribution < 1.29 is 19.7 Å². The van der Waals surface area contributed by atoms with Crippen LogP contribution in [0.25, 0.3) is 10.9 Å². The Morgan fingerprint density at radius 1 is 1.31 bits per heavy atom. The van der Waals surface area contributed by atoms with Crippen LogP contribution in [0, 0.1) is 11.8 Å². The number of carboxylic acids is 1. The molecule has 9 heteroatoms. The normalized spacial score (nSPS) is 19.5. The maximum Gasteiger partial charge on any atom is 0.308 e. The molecule has 1 aliphatic rings. The number of carboxylic acid groups (broad SMARTS) is 1. The fourth-order valence-electron chi connectivity index (χ4n) is 4.76. The molecule has 3 heterocycles. The second-order valence-electron chi connectivity index (χ2n) is 8.81. The number of nitrogens with zero attached hydrogens (tertiary/aromatic N) is 3. The summed E-state index contributed by atoms with van der Waals surface area (Å²) in [6.07, 6.45) is 4.34. The molecule has 1 aliphatic heterocycles. The molecule has 0 saturated carbocycles. The number of likely N-dealkylation sites (tertiary alicyclic amines) is 1. The molecule has 0 spiro atoms. The van der Waals surface area contributed by atoms with E-state index in [9.17, 15) is 15.0 Å². The van der Waals surface area contributed by atoms with Gasteiger partial charge in [0.2, 0.25) is 0 Å². The lowest BCUT2D eigenvalue weighted by atomic mass is 9.81. The van der Waals surface area contributed by atoms with Crippen LogP contribution >= 0.6 is 23.4 Å². The van der Waals surface area contributed by atoms with Crippen molar-refractivity contribution in [3.8, 4) is 5.75 Å². The van der Waals surface area contributed by atoms with Crippen molar-refractivity contribution >= 4 is 40.2 Å². The number of thioether (sulfide) groups is 1. The summed E-state index contributed by atoms with van der Waals surface area (Å²) in [6.45, 7) is 2.19. The van der Waals surface area contributed by atoms with Crippen LogP contribution in [0.3, 0.4) is 0 Å². The maximum atomic E-state index is 12.1. The van der Waals surface area contributed by atoms with Crippen LogP contribution in [-0.2, 0) is 4.79 Å². The molecule has 0 radical (unpaired) electrons. The molecule has 35 heavy (non-hydrogen) atoms. The number of carbonyl (C=O) groups is 1. The zero-order valence-corrected chi connectivity index (χ0v) is 21.2. The number of aliphatic hydroxyl groups is 1. The van der Waals surface area contributed by atoms with Gasteiger partial charge in [0.25, 0.3) is 0 Å². The molecule has 3 atom stereocenters.